The molecule has 226 valence electrons. The van der Waals surface area contributed by atoms with Gasteiger partial charge in [-0.05, 0) is 105 Å². The van der Waals surface area contributed by atoms with Gasteiger partial charge < -0.3 is 14.2 Å². The molecule has 1 heterocycles. The fourth-order valence-corrected chi connectivity index (χ4v) is 7.24. The summed E-state index contributed by atoms with van der Waals surface area (Å²) in [5.74, 6) is 0.935. The minimum atomic E-state index is -3.22. The smallest absolute Gasteiger partial charge is 0.400 e. The van der Waals surface area contributed by atoms with Gasteiger partial charge in [-0.3, -0.25) is 0 Å². The van der Waals surface area contributed by atoms with E-state index in [4.69, 9.17) is 25.8 Å². The number of ether oxygens (including phenoxy) is 3. The van der Waals surface area contributed by atoms with Crippen LogP contribution in [0.15, 0.2) is 42.5 Å². The molecule has 2 aromatic rings. The van der Waals surface area contributed by atoms with Gasteiger partial charge in [0.15, 0.2) is 6.29 Å². The third-order valence-electron chi connectivity index (χ3n) is 9.68. The first-order valence-electron chi connectivity index (χ1n) is 15.7. The Morgan fingerprint density at radius 3 is 2.00 bits per heavy atom. The minimum Gasteiger partial charge on any atom is -0.432 e. The molecule has 1 aliphatic heterocycles. The van der Waals surface area contributed by atoms with E-state index in [9.17, 15) is 4.39 Å². The van der Waals surface area contributed by atoms with Crippen molar-refractivity contribution in [2.45, 2.75) is 96.4 Å². The van der Waals surface area contributed by atoms with Crippen LogP contribution in [0.3, 0.4) is 0 Å². The van der Waals surface area contributed by atoms with Crippen LogP contribution in [0.2, 0.25) is 5.02 Å². The van der Waals surface area contributed by atoms with Gasteiger partial charge in [0.1, 0.15) is 11.6 Å². The molecule has 0 amide bonds. The second-order valence-electron chi connectivity index (χ2n) is 12.5. The van der Waals surface area contributed by atoms with E-state index < -0.39 is 17.8 Å². The molecule has 0 bridgehead atoms. The van der Waals surface area contributed by atoms with Crippen molar-refractivity contribution in [2.24, 2.45) is 29.6 Å². The Morgan fingerprint density at radius 2 is 1.39 bits per heavy atom. The summed E-state index contributed by atoms with van der Waals surface area (Å²) in [5, 5.41) is 0.0467. The van der Waals surface area contributed by atoms with Crippen LogP contribution in [0.25, 0.3) is 11.1 Å². The Hall–Kier alpha value is -1.76. The molecule has 2 aromatic carbocycles. The maximum Gasteiger partial charge on any atom is 0.400 e. The van der Waals surface area contributed by atoms with Crippen molar-refractivity contribution in [1.82, 2.24) is 0 Å². The molecule has 0 atom stereocenters. The predicted molar refractivity (Wildman–Crippen MR) is 157 cm³/mol. The number of alkyl halides is 2. The van der Waals surface area contributed by atoms with E-state index in [1.807, 2.05) is 0 Å². The summed E-state index contributed by atoms with van der Waals surface area (Å²) in [6.07, 6.45) is 8.79. The van der Waals surface area contributed by atoms with Gasteiger partial charge in [-0.1, -0.05) is 56.0 Å². The van der Waals surface area contributed by atoms with Crippen LogP contribution in [-0.4, -0.2) is 25.6 Å². The van der Waals surface area contributed by atoms with Gasteiger partial charge in [0.2, 0.25) is 0 Å². The molecule has 3 aliphatic rings. The van der Waals surface area contributed by atoms with Crippen molar-refractivity contribution in [3.8, 4) is 16.9 Å². The number of unbranched alkanes of at least 4 members (excludes halogenated alkanes) is 2. The molecule has 0 radical (unpaired) electrons. The van der Waals surface area contributed by atoms with Crippen LogP contribution in [0.1, 0.15) is 84.0 Å². The molecule has 2 saturated carbocycles. The SMILES string of the molecule is CCCCCC1COC(C2CCC(C3CCC(C(F)(F)Oc4ccc(-c5ccc(Cl)c(F)c5)cc4)CC3)CC2)OC1. The highest BCUT2D eigenvalue weighted by atomic mass is 35.5. The van der Waals surface area contributed by atoms with Crippen LogP contribution in [-0.2, 0) is 9.47 Å². The van der Waals surface area contributed by atoms with Crippen LogP contribution >= 0.6 is 11.6 Å². The maximum absolute atomic E-state index is 15.1. The van der Waals surface area contributed by atoms with Gasteiger partial charge in [0, 0.05) is 11.8 Å². The molecule has 0 unspecified atom stereocenters. The standard InChI is InChI=1S/C34H44ClF3O3/c1-2-3-4-5-23-21-39-33(40-22-23)27-8-6-24(7-9-27)25-10-15-29(16-11-25)34(37,38)41-30-17-12-26(13-18-30)28-14-19-31(35)32(36)20-28/h12-14,17-20,23-25,27,29,33H,2-11,15-16,21-22H2,1H3. The van der Waals surface area contributed by atoms with E-state index in [1.54, 1.807) is 18.2 Å². The summed E-state index contributed by atoms with van der Waals surface area (Å²) >= 11 is 5.76. The molecule has 7 heteroatoms. The average Bonchev–Trinajstić information content (AvgIpc) is 2.99. The van der Waals surface area contributed by atoms with E-state index in [-0.39, 0.29) is 17.1 Å². The number of rotatable bonds is 10. The number of halogens is 4. The minimum absolute atomic E-state index is 0.0467. The maximum atomic E-state index is 15.1. The lowest BCUT2D eigenvalue weighted by Crippen LogP contribution is -2.40. The lowest BCUT2D eigenvalue weighted by Gasteiger charge is -2.41. The zero-order valence-electron chi connectivity index (χ0n) is 24.1. The molecular weight excluding hydrogens is 549 g/mol. The normalized spacial score (nSPS) is 29.3. The molecule has 2 aliphatic carbocycles. The van der Waals surface area contributed by atoms with Crippen LogP contribution < -0.4 is 4.74 Å². The lowest BCUT2D eigenvalue weighted by molar-refractivity contribution is -0.232. The van der Waals surface area contributed by atoms with Crippen molar-refractivity contribution in [3.63, 3.8) is 0 Å². The van der Waals surface area contributed by atoms with Crippen molar-refractivity contribution >= 4 is 11.6 Å². The Morgan fingerprint density at radius 1 is 0.805 bits per heavy atom. The molecular formula is C34H44ClF3O3. The largest absolute Gasteiger partial charge is 0.432 e. The van der Waals surface area contributed by atoms with Gasteiger partial charge in [-0.15, -0.1) is 0 Å². The highest BCUT2D eigenvalue weighted by molar-refractivity contribution is 6.30. The van der Waals surface area contributed by atoms with Crippen molar-refractivity contribution in [3.05, 3.63) is 53.3 Å². The molecule has 0 aromatic heterocycles. The van der Waals surface area contributed by atoms with Gasteiger partial charge in [-0.2, -0.15) is 8.78 Å². The molecule has 5 rings (SSSR count). The van der Waals surface area contributed by atoms with Crippen molar-refractivity contribution < 1.29 is 27.4 Å². The van der Waals surface area contributed by atoms with E-state index in [0.717, 1.165) is 51.7 Å². The van der Waals surface area contributed by atoms with E-state index in [2.05, 4.69) is 6.92 Å². The lowest BCUT2D eigenvalue weighted by atomic mass is 9.69. The molecule has 3 nitrogen and oxygen atoms in total. The summed E-state index contributed by atoms with van der Waals surface area (Å²) in [5.41, 5.74) is 1.34. The molecule has 0 spiro atoms. The van der Waals surface area contributed by atoms with Crippen LogP contribution in [0, 0.1) is 35.4 Å². The van der Waals surface area contributed by atoms with Gasteiger partial charge in [0.05, 0.1) is 24.2 Å². The number of benzene rings is 2. The first-order valence-corrected chi connectivity index (χ1v) is 16.1. The second-order valence-corrected chi connectivity index (χ2v) is 12.9. The first kappa shape index (κ1) is 30.7. The highest BCUT2D eigenvalue weighted by Gasteiger charge is 2.45. The Bertz CT molecular complexity index is 1090. The summed E-state index contributed by atoms with van der Waals surface area (Å²) in [6, 6.07) is 10.9. The quantitative estimate of drug-likeness (QED) is 0.257. The average molecular weight is 593 g/mol. The summed E-state index contributed by atoms with van der Waals surface area (Å²) in [6.45, 7) is 3.87. The topological polar surface area (TPSA) is 27.7 Å². The second kappa shape index (κ2) is 14.1. The van der Waals surface area contributed by atoms with E-state index in [1.165, 1.54) is 49.9 Å². The number of hydrogen-bond donors (Lipinski definition) is 0. The Kier molecular flexibility index (Phi) is 10.6. The first-order chi connectivity index (χ1) is 19.8. The molecule has 1 saturated heterocycles. The predicted octanol–water partition coefficient (Wildman–Crippen LogP) is 10.3. The summed E-state index contributed by atoms with van der Waals surface area (Å²) in [7, 11) is 0. The third-order valence-corrected chi connectivity index (χ3v) is 9.99. The Labute approximate surface area is 248 Å². The van der Waals surface area contributed by atoms with Crippen LogP contribution in [0.5, 0.6) is 5.75 Å². The monoisotopic (exact) mass is 592 g/mol. The van der Waals surface area contributed by atoms with Crippen LogP contribution in [0.4, 0.5) is 13.2 Å². The third kappa shape index (κ3) is 8.00. The van der Waals surface area contributed by atoms with Gasteiger partial charge in [-0.25, -0.2) is 4.39 Å². The van der Waals surface area contributed by atoms with Crippen molar-refractivity contribution in [2.75, 3.05) is 13.2 Å². The zero-order valence-corrected chi connectivity index (χ0v) is 24.9. The number of hydrogen-bond acceptors (Lipinski definition) is 3. The fourth-order valence-electron chi connectivity index (χ4n) is 7.13. The fraction of sp³-hybridized carbons (Fsp3) is 0.647. The van der Waals surface area contributed by atoms with E-state index in [0.29, 0.717) is 47.6 Å². The molecule has 0 N–H and O–H groups in total. The van der Waals surface area contributed by atoms with Gasteiger partial charge in [0.25, 0.3) is 0 Å². The van der Waals surface area contributed by atoms with Gasteiger partial charge >= 0.3 is 6.11 Å². The van der Waals surface area contributed by atoms with Crippen molar-refractivity contribution in [1.29, 1.82) is 0 Å². The molecule has 3 fully saturated rings. The van der Waals surface area contributed by atoms with E-state index >= 15 is 8.78 Å². The zero-order chi connectivity index (χ0) is 28.8. The Balaban J connectivity index is 1.04. The summed E-state index contributed by atoms with van der Waals surface area (Å²) in [4.78, 5) is 0. The summed E-state index contributed by atoms with van der Waals surface area (Å²) < 4.78 is 61.6. The highest BCUT2D eigenvalue weighted by Crippen LogP contribution is 2.46. The molecule has 41 heavy (non-hydrogen) atoms.